The van der Waals surface area contributed by atoms with E-state index in [0.717, 1.165) is 30.3 Å². The topological polar surface area (TPSA) is 69.6 Å². The van der Waals surface area contributed by atoms with Gasteiger partial charge < -0.3 is 9.80 Å². The number of rotatable bonds is 4. The molecule has 0 spiro atoms. The lowest BCUT2D eigenvalue weighted by Gasteiger charge is -2.34. The first-order chi connectivity index (χ1) is 13.0. The highest BCUT2D eigenvalue weighted by Crippen LogP contribution is 2.22. The number of anilines is 2. The molecule has 144 valence electrons. The molecular weight excluding hydrogens is 362 g/mol. The van der Waals surface area contributed by atoms with Crippen molar-refractivity contribution in [1.29, 1.82) is 0 Å². The average Bonchev–Trinajstić information content (AvgIpc) is 3.23. The molecule has 2 fully saturated rings. The van der Waals surface area contributed by atoms with Gasteiger partial charge in [0.05, 0.1) is 4.90 Å². The van der Waals surface area contributed by atoms with E-state index in [9.17, 15) is 8.42 Å². The van der Waals surface area contributed by atoms with E-state index in [1.807, 2.05) is 31.2 Å². The first-order valence-corrected chi connectivity index (χ1v) is 10.9. The average molecular weight is 388 g/mol. The minimum Gasteiger partial charge on any atom is -0.355 e. The minimum atomic E-state index is -3.44. The van der Waals surface area contributed by atoms with Gasteiger partial charge in [-0.05, 0) is 44.0 Å². The van der Waals surface area contributed by atoms with Crippen molar-refractivity contribution in [2.24, 2.45) is 0 Å². The standard InChI is InChI=1S/C19H25N5O2S/c1-16-4-6-17(7-5-16)27(25,26)24-14-12-23(13-15-24)19-9-8-18(20-21-19)22-10-2-3-11-22/h4-9H,2-3,10-15H2,1H3. The molecule has 0 radical (unpaired) electrons. The SMILES string of the molecule is Cc1ccc(S(=O)(=O)N2CCN(c3ccc(N4CCCC4)nn3)CC2)cc1. The number of sulfonamides is 1. The second kappa shape index (κ2) is 7.44. The van der Waals surface area contributed by atoms with Gasteiger partial charge in [0.1, 0.15) is 0 Å². The molecule has 2 aliphatic heterocycles. The molecule has 2 aliphatic rings. The van der Waals surface area contributed by atoms with Gasteiger partial charge in [0.15, 0.2) is 11.6 Å². The monoisotopic (exact) mass is 387 g/mol. The third-order valence-electron chi connectivity index (χ3n) is 5.29. The summed E-state index contributed by atoms with van der Waals surface area (Å²) in [6.45, 7) is 6.17. The van der Waals surface area contributed by atoms with Gasteiger partial charge in [-0.25, -0.2) is 8.42 Å². The van der Waals surface area contributed by atoms with Crippen LogP contribution in [0.25, 0.3) is 0 Å². The zero-order chi connectivity index (χ0) is 18.9. The predicted molar refractivity (Wildman–Crippen MR) is 106 cm³/mol. The molecule has 0 N–H and O–H groups in total. The molecule has 0 aliphatic carbocycles. The Morgan fingerprint density at radius 3 is 1.78 bits per heavy atom. The molecule has 0 amide bonds. The van der Waals surface area contributed by atoms with Crippen LogP contribution in [0.2, 0.25) is 0 Å². The van der Waals surface area contributed by atoms with Crippen LogP contribution in [0.3, 0.4) is 0 Å². The lowest BCUT2D eigenvalue weighted by molar-refractivity contribution is 0.383. The summed E-state index contributed by atoms with van der Waals surface area (Å²) in [6, 6.07) is 11.0. The highest BCUT2D eigenvalue weighted by atomic mass is 32.2. The molecule has 8 heteroatoms. The molecule has 3 heterocycles. The number of hydrogen-bond acceptors (Lipinski definition) is 6. The molecule has 0 unspecified atom stereocenters. The molecule has 7 nitrogen and oxygen atoms in total. The van der Waals surface area contributed by atoms with E-state index in [0.29, 0.717) is 31.1 Å². The van der Waals surface area contributed by atoms with E-state index in [-0.39, 0.29) is 0 Å². The molecule has 27 heavy (non-hydrogen) atoms. The maximum atomic E-state index is 12.8. The van der Waals surface area contributed by atoms with Crippen molar-refractivity contribution in [3.63, 3.8) is 0 Å². The lowest BCUT2D eigenvalue weighted by atomic mass is 10.2. The zero-order valence-corrected chi connectivity index (χ0v) is 16.4. The van der Waals surface area contributed by atoms with Crippen molar-refractivity contribution in [3.05, 3.63) is 42.0 Å². The summed E-state index contributed by atoms with van der Waals surface area (Å²) >= 11 is 0. The second-order valence-corrected chi connectivity index (χ2v) is 9.09. The van der Waals surface area contributed by atoms with Gasteiger partial charge in [-0.2, -0.15) is 4.31 Å². The smallest absolute Gasteiger partial charge is 0.243 e. The fourth-order valence-corrected chi connectivity index (χ4v) is 5.04. The van der Waals surface area contributed by atoms with Gasteiger partial charge in [-0.15, -0.1) is 10.2 Å². The Morgan fingerprint density at radius 1 is 0.741 bits per heavy atom. The summed E-state index contributed by atoms with van der Waals surface area (Å²) in [6.07, 6.45) is 2.42. The largest absolute Gasteiger partial charge is 0.355 e. The Kier molecular flexibility index (Phi) is 5.01. The van der Waals surface area contributed by atoms with E-state index in [1.165, 1.54) is 12.8 Å². The van der Waals surface area contributed by atoms with Crippen LogP contribution in [0.4, 0.5) is 11.6 Å². The van der Waals surface area contributed by atoms with Crippen LogP contribution in [-0.4, -0.2) is 62.2 Å². The van der Waals surface area contributed by atoms with Crippen molar-refractivity contribution in [2.45, 2.75) is 24.7 Å². The minimum absolute atomic E-state index is 0.358. The Morgan fingerprint density at radius 2 is 1.26 bits per heavy atom. The molecule has 4 rings (SSSR count). The number of nitrogens with zero attached hydrogens (tertiary/aromatic N) is 5. The Bertz CT molecular complexity index is 869. The summed E-state index contributed by atoms with van der Waals surface area (Å²) in [5.74, 6) is 1.74. The summed E-state index contributed by atoms with van der Waals surface area (Å²) in [5.41, 5.74) is 1.05. The molecule has 2 saturated heterocycles. The normalized spacial score (nSPS) is 18.9. The number of aryl methyl sites for hydroxylation is 1. The Balaban J connectivity index is 1.40. The second-order valence-electron chi connectivity index (χ2n) is 7.15. The Hall–Kier alpha value is -2.19. The fraction of sp³-hybridized carbons (Fsp3) is 0.474. The van der Waals surface area contributed by atoms with E-state index in [2.05, 4.69) is 20.0 Å². The maximum Gasteiger partial charge on any atom is 0.243 e. The van der Waals surface area contributed by atoms with E-state index in [4.69, 9.17) is 0 Å². The third kappa shape index (κ3) is 3.77. The number of piperazine rings is 1. The molecular formula is C19H25N5O2S. The van der Waals surface area contributed by atoms with Crippen LogP contribution in [0.1, 0.15) is 18.4 Å². The molecule has 1 aromatic carbocycles. The van der Waals surface area contributed by atoms with Crippen molar-refractivity contribution < 1.29 is 8.42 Å². The zero-order valence-electron chi connectivity index (χ0n) is 15.6. The van der Waals surface area contributed by atoms with Gasteiger partial charge in [-0.3, -0.25) is 0 Å². The number of benzene rings is 1. The van der Waals surface area contributed by atoms with Crippen LogP contribution >= 0.6 is 0 Å². The maximum absolute atomic E-state index is 12.8. The van der Waals surface area contributed by atoms with Crippen LogP contribution in [-0.2, 0) is 10.0 Å². The van der Waals surface area contributed by atoms with Crippen LogP contribution in [0.5, 0.6) is 0 Å². The van der Waals surface area contributed by atoms with Gasteiger partial charge in [0.25, 0.3) is 0 Å². The summed E-state index contributed by atoms with van der Waals surface area (Å²) in [4.78, 5) is 4.71. The van der Waals surface area contributed by atoms with Crippen LogP contribution in [0.15, 0.2) is 41.3 Å². The van der Waals surface area contributed by atoms with Crippen molar-refractivity contribution in [3.8, 4) is 0 Å². The Labute approximate surface area is 160 Å². The summed E-state index contributed by atoms with van der Waals surface area (Å²) < 4.78 is 27.2. The van der Waals surface area contributed by atoms with Crippen molar-refractivity contribution in [2.75, 3.05) is 49.1 Å². The first kappa shape index (κ1) is 18.2. The van der Waals surface area contributed by atoms with Gasteiger partial charge >= 0.3 is 0 Å². The van der Waals surface area contributed by atoms with Crippen LogP contribution in [0, 0.1) is 6.92 Å². The van der Waals surface area contributed by atoms with E-state index >= 15 is 0 Å². The third-order valence-corrected chi connectivity index (χ3v) is 7.20. The van der Waals surface area contributed by atoms with Crippen molar-refractivity contribution in [1.82, 2.24) is 14.5 Å². The lowest BCUT2D eigenvalue weighted by Crippen LogP contribution is -2.49. The van der Waals surface area contributed by atoms with Gasteiger partial charge in [0, 0.05) is 39.3 Å². The predicted octanol–water partition coefficient (Wildman–Crippen LogP) is 1.90. The molecule has 0 saturated carbocycles. The molecule has 0 atom stereocenters. The quantitative estimate of drug-likeness (QED) is 0.798. The van der Waals surface area contributed by atoms with E-state index < -0.39 is 10.0 Å². The van der Waals surface area contributed by atoms with Crippen LogP contribution < -0.4 is 9.80 Å². The summed E-state index contributed by atoms with van der Waals surface area (Å²) in [5, 5.41) is 8.73. The molecule has 1 aromatic heterocycles. The highest BCUT2D eigenvalue weighted by molar-refractivity contribution is 7.89. The highest BCUT2D eigenvalue weighted by Gasteiger charge is 2.29. The fourth-order valence-electron chi connectivity index (χ4n) is 3.62. The summed E-state index contributed by atoms with van der Waals surface area (Å²) in [7, 11) is -3.44. The number of aromatic nitrogens is 2. The molecule has 0 bridgehead atoms. The van der Waals surface area contributed by atoms with Gasteiger partial charge in [0.2, 0.25) is 10.0 Å². The van der Waals surface area contributed by atoms with E-state index in [1.54, 1.807) is 16.4 Å². The van der Waals surface area contributed by atoms with Gasteiger partial charge in [-0.1, -0.05) is 17.7 Å². The first-order valence-electron chi connectivity index (χ1n) is 9.44. The number of hydrogen-bond donors (Lipinski definition) is 0. The van der Waals surface area contributed by atoms with Crippen molar-refractivity contribution >= 4 is 21.7 Å². The molecule has 2 aromatic rings.